The first-order chi connectivity index (χ1) is 13.0. The molecule has 27 heavy (non-hydrogen) atoms. The van der Waals surface area contributed by atoms with Crippen molar-refractivity contribution in [1.82, 2.24) is 9.78 Å². The molecule has 1 aliphatic carbocycles. The van der Waals surface area contributed by atoms with Crippen LogP contribution in [0.2, 0.25) is 0 Å². The summed E-state index contributed by atoms with van der Waals surface area (Å²) in [7, 11) is -3.77. The molecule has 0 atom stereocenters. The molecule has 2 aromatic carbocycles. The fraction of sp³-hybridized carbons (Fsp3) is 0.158. The average molecular weight is 379 g/mol. The Bertz CT molecular complexity index is 1180. The number of hydrogen-bond donors (Lipinski definition) is 2. The number of aromatic nitrogens is 2. The maximum Gasteiger partial charge on any atom is 0.261 e. The fourth-order valence-electron chi connectivity index (χ4n) is 3.30. The zero-order valence-corrected chi connectivity index (χ0v) is 15.2. The molecule has 0 aliphatic heterocycles. The molecule has 1 aromatic heterocycles. The molecule has 1 heterocycles. The molecule has 0 spiro atoms. The molecule has 4 rings (SSSR count). The van der Waals surface area contributed by atoms with Crippen LogP contribution in [-0.4, -0.2) is 18.2 Å². The first-order valence-corrected chi connectivity index (χ1v) is 9.95. The maximum atomic E-state index is 12.9. The van der Waals surface area contributed by atoms with E-state index >= 15 is 0 Å². The third kappa shape index (κ3) is 3.02. The normalized spacial score (nSPS) is 13.1. The van der Waals surface area contributed by atoms with Gasteiger partial charge in [0.2, 0.25) is 0 Å². The van der Waals surface area contributed by atoms with Crippen molar-refractivity contribution < 1.29 is 8.42 Å². The third-order valence-corrected chi connectivity index (χ3v) is 6.05. The Hall–Kier alpha value is -3.31. The van der Waals surface area contributed by atoms with Gasteiger partial charge in [-0.25, -0.2) is 13.1 Å². The zero-order valence-electron chi connectivity index (χ0n) is 14.4. The second kappa shape index (κ2) is 6.45. The summed E-state index contributed by atoms with van der Waals surface area (Å²) in [4.78, 5) is 0.226. The lowest BCUT2D eigenvalue weighted by atomic mass is 10.1. The smallest absolute Gasteiger partial charge is 0.261 e. The zero-order chi connectivity index (χ0) is 19.0. The standard InChI is InChI=1S/C19H17N5O2S/c20-11-15-12-22-24(19(15)21)18-7-2-1-6-17(18)23-27(25,26)16-9-8-13-4-3-5-14(13)10-16/h1-2,6-10,12,23H,3-5,21H2. The molecular weight excluding hydrogens is 362 g/mol. The number of rotatable bonds is 4. The Morgan fingerprint density at radius 1 is 1.15 bits per heavy atom. The van der Waals surface area contributed by atoms with E-state index in [1.807, 2.05) is 12.1 Å². The quantitative estimate of drug-likeness (QED) is 0.723. The van der Waals surface area contributed by atoms with Crippen molar-refractivity contribution in [3.05, 3.63) is 65.4 Å². The van der Waals surface area contributed by atoms with Crippen LogP contribution < -0.4 is 10.5 Å². The highest BCUT2D eigenvalue weighted by Crippen LogP contribution is 2.28. The van der Waals surface area contributed by atoms with Gasteiger partial charge in [0, 0.05) is 0 Å². The van der Waals surface area contributed by atoms with Crippen molar-refractivity contribution in [3.8, 4) is 11.8 Å². The summed E-state index contributed by atoms with van der Waals surface area (Å²) in [5.74, 6) is 0.154. The number of hydrogen-bond acceptors (Lipinski definition) is 5. The van der Waals surface area contributed by atoms with Crippen molar-refractivity contribution in [2.24, 2.45) is 0 Å². The molecule has 3 N–H and O–H groups in total. The number of nitrogens with zero attached hydrogens (tertiary/aromatic N) is 3. The first-order valence-electron chi connectivity index (χ1n) is 8.47. The van der Waals surface area contributed by atoms with E-state index in [2.05, 4.69) is 9.82 Å². The summed E-state index contributed by atoms with van der Waals surface area (Å²) in [6, 6.07) is 14.0. The number of nitrogens with one attached hydrogen (secondary N) is 1. The Morgan fingerprint density at radius 2 is 1.93 bits per heavy atom. The number of fused-ring (bicyclic) bond motifs is 1. The highest BCUT2D eigenvalue weighted by molar-refractivity contribution is 7.92. The number of sulfonamides is 1. The lowest BCUT2D eigenvalue weighted by Crippen LogP contribution is -2.15. The van der Waals surface area contributed by atoms with Gasteiger partial charge in [-0.1, -0.05) is 18.2 Å². The summed E-state index contributed by atoms with van der Waals surface area (Å²) < 4.78 is 29.8. The number of nitrogen functional groups attached to an aromatic ring is 1. The van der Waals surface area contributed by atoms with Crippen LogP contribution >= 0.6 is 0 Å². The highest BCUT2D eigenvalue weighted by atomic mass is 32.2. The van der Waals surface area contributed by atoms with E-state index in [9.17, 15) is 8.42 Å². The van der Waals surface area contributed by atoms with E-state index in [1.165, 1.54) is 16.4 Å². The van der Waals surface area contributed by atoms with E-state index in [0.29, 0.717) is 11.4 Å². The molecule has 0 saturated carbocycles. The summed E-state index contributed by atoms with van der Waals surface area (Å²) in [6.45, 7) is 0. The molecule has 0 bridgehead atoms. The number of aryl methyl sites for hydroxylation is 2. The van der Waals surface area contributed by atoms with Crippen LogP contribution in [0.3, 0.4) is 0 Å². The van der Waals surface area contributed by atoms with Crippen molar-refractivity contribution in [3.63, 3.8) is 0 Å². The number of anilines is 2. The summed E-state index contributed by atoms with van der Waals surface area (Å²) in [5, 5.41) is 13.2. The second-order valence-electron chi connectivity index (χ2n) is 6.37. The Morgan fingerprint density at radius 3 is 2.70 bits per heavy atom. The van der Waals surface area contributed by atoms with E-state index in [4.69, 9.17) is 11.0 Å². The van der Waals surface area contributed by atoms with E-state index < -0.39 is 10.0 Å². The van der Waals surface area contributed by atoms with Gasteiger partial charge in [-0.15, -0.1) is 0 Å². The molecule has 1 aliphatic rings. The Labute approximate surface area is 157 Å². The minimum Gasteiger partial charge on any atom is -0.382 e. The predicted octanol–water partition coefficient (Wildman–Crippen LogP) is 2.62. The van der Waals surface area contributed by atoms with Gasteiger partial charge >= 0.3 is 0 Å². The predicted molar refractivity (Wildman–Crippen MR) is 102 cm³/mol. The monoisotopic (exact) mass is 379 g/mol. The van der Waals surface area contributed by atoms with Gasteiger partial charge in [0.15, 0.2) is 0 Å². The SMILES string of the molecule is N#Cc1cnn(-c2ccccc2NS(=O)(=O)c2ccc3c(c2)CCC3)c1N. The van der Waals surface area contributed by atoms with Crippen LogP contribution in [0, 0.1) is 11.3 Å². The molecule has 0 amide bonds. The van der Waals surface area contributed by atoms with Gasteiger partial charge < -0.3 is 5.73 Å². The van der Waals surface area contributed by atoms with E-state index in [-0.39, 0.29) is 16.3 Å². The van der Waals surface area contributed by atoms with Gasteiger partial charge in [-0.05, 0) is 54.7 Å². The topological polar surface area (TPSA) is 114 Å². The molecule has 0 fully saturated rings. The minimum absolute atomic E-state index is 0.154. The minimum atomic E-state index is -3.77. The Balaban J connectivity index is 1.73. The van der Waals surface area contributed by atoms with Crippen LogP contribution in [0.1, 0.15) is 23.1 Å². The molecule has 0 radical (unpaired) electrons. The largest absolute Gasteiger partial charge is 0.382 e. The fourth-order valence-corrected chi connectivity index (χ4v) is 4.42. The second-order valence-corrected chi connectivity index (χ2v) is 8.06. The van der Waals surface area contributed by atoms with Crippen molar-refractivity contribution in [1.29, 1.82) is 5.26 Å². The molecule has 136 valence electrons. The van der Waals surface area contributed by atoms with Gasteiger partial charge in [0.25, 0.3) is 10.0 Å². The van der Waals surface area contributed by atoms with Crippen LogP contribution in [0.25, 0.3) is 5.69 Å². The highest BCUT2D eigenvalue weighted by Gasteiger charge is 2.21. The molecule has 0 unspecified atom stereocenters. The molecule has 3 aromatic rings. The summed E-state index contributed by atoms with van der Waals surface area (Å²) in [6.07, 6.45) is 4.29. The summed E-state index contributed by atoms with van der Waals surface area (Å²) in [5.41, 5.74) is 9.25. The number of benzene rings is 2. The lowest BCUT2D eigenvalue weighted by molar-refractivity contribution is 0.601. The molecular formula is C19H17N5O2S. The number of para-hydroxylation sites is 2. The van der Waals surface area contributed by atoms with Gasteiger partial charge in [-0.3, -0.25) is 4.72 Å². The van der Waals surface area contributed by atoms with Crippen LogP contribution in [0.15, 0.2) is 53.6 Å². The van der Waals surface area contributed by atoms with Crippen LogP contribution in [-0.2, 0) is 22.9 Å². The van der Waals surface area contributed by atoms with E-state index in [1.54, 1.807) is 36.4 Å². The van der Waals surface area contributed by atoms with Crippen molar-refractivity contribution in [2.75, 3.05) is 10.5 Å². The van der Waals surface area contributed by atoms with Crippen LogP contribution in [0.4, 0.5) is 11.5 Å². The number of nitrogens with two attached hydrogens (primary N) is 1. The first kappa shape index (κ1) is 17.1. The van der Waals surface area contributed by atoms with Gasteiger partial charge in [0.05, 0.1) is 22.5 Å². The molecule has 7 nitrogen and oxygen atoms in total. The number of nitriles is 1. The van der Waals surface area contributed by atoms with Crippen molar-refractivity contribution >= 4 is 21.5 Å². The Kier molecular flexibility index (Phi) is 4.09. The van der Waals surface area contributed by atoms with E-state index in [0.717, 1.165) is 24.8 Å². The molecule has 0 saturated heterocycles. The van der Waals surface area contributed by atoms with Crippen LogP contribution in [0.5, 0.6) is 0 Å². The third-order valence-electron chi connectivity index (χ3n) is 4.68. The lowest BCUT2D eigenvalue weighted by Gasteiger charge is -2.14. The molecule has 8 heteroatoms. The maximum absolute atomic E-state index is 12.9. The van der Waals surface area contributed by atoms with Gasteiger partial charge in [0.1, 0.15) is 17.5 Å². The van der Waals surface area contributed by atoms with Crippen molar-refractivity contribution in [2.45, 2.75) is 24.2 Å². The average Bonchev–Trinajstić information content (AvgIpc) is 3.27. The summed E-state index contributed by atoms with van der Waals surface area (Å²) >= 11 is 0. The van der Waals surface area contributed by atoms with Gasteiger partial charge in [-0.2, -0.15) is 10.4 Å².